The van der Waals surface area contributed by atoms with E-state index in [0.717, 1.165) is 10.8 Å². The maximum Gasteiger partial charge on any atom is 0.282 e. The molecule has 0 fully saturated rings. The van der Waals surface area contributed by atoms with Crippen molar-refractivity contribution < 1.29 is 13.2 Å². The van der Waals surface area contributed by atoms with Gasteiger partial charge in [-0.05, 0) is 44.9 Å². The van der Waals surface area contributed by atoms with E-state index < -0.39 is 10.0 Å². The number of allylic oxidation sites excluding steroid dienone is 2. The van der Waals surface area contributed by atoms with Gasteiger partial charge < -0.3 is 0 Å². The Hall–Kier alpha value is -2.57. The lowest BCUT2D eigenvalue weighted by atomic mass is 9.94. The second kappa shape index (κ2) is 6.30. The average molecular weight is 426 g/mol. The zero-order valence-electron chi connectivity index (χ0n) is 13.4. The summed E-state index contributed by atoms with van der Waals surface area (Å²) in [4.78, 5) is 12.3. The summed E-state index contributed by atoms with van der Waals surface area (Å²) in [6.07, 6.45) is 1.45. The van der Waals surface area contributed by atoms with Gasteiger partial charge in [0.2, 0.25) is 5.78 Å². The molecule has 3 aromatic carbocycles. The molecule has 0 radical (unpaired) electrons. The van der Waals surface area contributed by atoms with Crippen LogP contribution >= 0.6 is 15.9 Å². The standard InChI is InChI=1S/C20H12BrNO3S/c21-18-12-19(16-7-3-4-8-17(16)20(18)23)22-26(24,25)15-10-9-13-5-1-2-6-14(13)11-15/h1-12H/b22-19-. The number of sulfonamides is 1. The predicted molar refractivity (Wildman–Crippen MR) is 105 cm³/mol. The van der Waals surface area contributed by atoms with Crippen molar-refractivity contribution in [3.63, 3.8) is 0 Å². The lowest BCUT2D eigenvalue weighted by molar-refractivity contribution is 0.104. The van der Waals surface area contributed by atoms with Crippen molar-refractivity contribution in [2.24, 2.45) is 4.40 Å². The van der Waals surface area contributed by atoms with Gasteiger partial charge in [0.05, 0.1) is 15.1 Å². The first-order valence-corrected chi connectivity index (χ1v) is 10.0. The van der Waals surface area contributed by atoms with Crippen molar-refractivity contribution in [3.8, 4) is 0 Å². The fraction of sp³-hybridized carbons (Fsp3) is 0. The molecule has 3 aromatic rings. The average Bonchev–Trinajstić information content (AvgIpc) is 2.65. The number of hydrogen-bond acceptors (Lipinski definition) is 3. The van der Waals surface area contributed by atoms with Crippen LogP contribution in [-0.4, -0.2) is 19.9 Å². The molecule has 0 heterocycles. The van der Waals surface area contributed by atoms with E-state index in [4.69, 9.17) is 0 Å². The minimum absolute atomic E-state index is 0.114. The molecule has 6 heteroatoms. The molecule has 1 aliphatic rings. The van der Waals surface area contributed by atoms with Crippen LogP contribution in [0.15, 0.2) is 86.6 Å². The Bertz CT molecular complexity index is 1230. The molecule has 4 nitrogen and oxygen atoms in total. The van der Waals surface area contributed by atoms with E-state index in [2.05, 4.69) is 20.3 Å². The van der Waals surface area contributed by atoms with Crippen molar-refractivity contribution in [1.82, 2.24) is 0 Å². The number of nitrogens with zero attached hydrogens (tertiary/aromatic N) is 1. The number of ketones is 1. The molecule has 0 saturated carbocycles. The molecular formula is C20H12BrNO3S. The highest BCUT2D eigenvalue weighted by atomic mass is 79.9. The third-order valence-electron chi connectivity index (χ3n) is 4.17. The van der Waals surface area contributed by atoms with Crippen molar-refractivity contribution in [2.45, 2.75) is 4.90 Å². The molecule has 0 atom stereocenters. The van der Waals surface area contributed by atoms with E-state index in [-0.39, 0.29) is 20.9 Å². The Morgan fingerprint density at radius 1 is 0.808 bits per heavy atom. The number of Topliss-reactive ketones (excluding diaryl/α,β-unsaturated/α-hetero) is 1. The highest BCUT2D eigenvalue weighted by Gasteiger charge is 2.24. The predicted octanol–water partition coefficient (Wildman–Crippen LogP) is 4.49. The van der Waals surface area contributed by atoms with Crippen LogP contribution in [-0.2, 0) is 10.0 Å². The smallest absolute Gasteiger partial charge is 0.282 e. The van der Waals surface area contributed by atoms with Gasteiger partial charge in [0, 0.05) is 11.1 Å². The number of rotatable bonds is 2. The quantitative estimate of drug-likeness (QED) is 0.607. The summed E-state index contributed by atoms with van der Waals surface area (Å²) in [6.45, 7) is 0. The second-order valence-corrected chi connectivity index (χ2v) is 8.29. The summed E-state index contributed by atoms with van der Waals surface area (Å²) in [5.41, 5.74) is 1.17. The van der Waals surface area contributed by atoms with E-state index in [1.807, 2.05) is 24.3 Å². The zero-order valence-corrected chi connectivity index (χ0v) is 15.8. The van der Waals surface area contributed by atoms with Gasteiger partial charge >= 0.3 is 0 Å². The molecule has 0 bridgehead atoms. The Morgan fingerprint density at radius 3 is 2.23 bits per heavy atom. The van der Waals surface area contributed by atoms with E-state index in [0.29, 0.717) is 11.1 Å². The third kappa shape index (κ3) is 2.91. The molecule has 1 aliphatic carbocycles. The minimum atomic E-state index is -3.92. The maximum atomic E-state index is 12.8. The molecule has 0 spiro atoms. The molecule has 4 rings (SSSR count). The van der Waals surface area contributed by atoms with Crippen LogP contribution in [0.2, 0.25) is 0 Å². The van der Waals surface area contributed by atoms with Crippen LogP contribution in [0.25, 0.3) is 10.8 Å². The first kappa shape index (κ1) is 16.9. The number of benzene rings is 3. The summed E-state index contributed by atoms with van der Waals surface area (Å²) in [6, 6.07) is 19.3. The largest absolute Gasteiger partial charge is 0.288 e. The molecule has 26 heavy (non-hydrogen) atoms. The Labute approximate surface area is 159 Å². The number of carbonyl (C=O) groups excluding carboxylic acids is 1. The number of fused-ring (bicyclic) bond motifs is 2. The van der Waals surface area contributed by atoms with Crippen molar-refractivity contribution in [3.05, 3.63) is 88.4 Å². The van der Waals surface area contributed by atoms with Crippen LogP contribution in [0.4, 0.5) is 0 Å². The van der Waals surface area contributed by atoms with E-state index in [1.165, 1.54) is 6.08 Å². The fourth-order valence-corrected chi connectivity index (χ4v) is 4.34. The minimum Gasteiger partial charge on any atom is -0.288 e. The second-order valence-electron chi connectivity index (χ2n) is 5.83. The number of hydrogen-bond donors (Lipinski definition) is 0. The molecule has 0 unspecified atom stereocenters. The summed E-state index contributed by atoms with van der Waals surface area (Å²) < 4.78 is 29.9. The molecule has 0 N–H and O–H groups in total. The van der Waals surface area contributed by atoms with E-state index in [1.54, 1.807) is 42.5 Å². The van der Waals surface area contributed by atoms with Crippen LogP contribution in [0, 0.1) is 0 Å². The summed E-state index contributed by atoms with van der Waals surface area (Å²) in [5.74, 6) is -0.192. The first-order valence-electron chi connectivity index (χ1n) is 7.81. The monoisotopic (exact) mass is 425 g/mol. The topological polar surface area (TPSA) is 63.6 Å². The molecule has 0 aliphatic heterocycles. The van der Waals surface area contributed by atoms with Gasteiger partial charge in [-0.1, -0.05) is 54.6 Å². The first-order chi connectivity index (χ1) is 12.5. The molecule has 128 valence electrons. The van der Waals surface area contributed by atoms with Crippen molar-refractivity contribution in [1.29, 1.82) is 0 Å². The fourth-order valence-electron chi connectivity index (χ4n) is 2.88. The van der Waals surface area contributed by atoms with E-state index >= 15 is 0 Å². The SMILES string of the molecule is O=C1C(Br)=C/C(=N/S(=O)(=O)c2ccc3ccccc3c2)c2ccccc21. The molecule has 0 amide bonds. The summed E-state index contributed by atoms with van der Waals surface area (Å²) >= 11 is 3.20. The lowest BCUT2D eigenvalue weighted by Crippen LogP contribution is -2.16. The van der Waals surface area contributed by atoms with Gasteiger partial charge in [-0.2, -0.15) is 12.8 Å². The van der Waals surface area contributed by atoms with Crippen LogP contribution < -0.4 is 0 Å². The molecular weight excluding hydrogens is 414 g/mol. The Kier molecular flexibility index (Phi) is 4.09. The Balaban J connectivity index is 1.87. The Morgan fingerprint density at radius 2 is 1.46 bits per heavy atom. The number of halogens is 1. The van der Waals surface area contributed by atoms with Crippen molar-refractivity contribution in [2.75, 3.05) is 0 Å². The maximum absolute atomic E-state index is 12.8. The lowest BCUT2D eigenvalue weighted by Gasteiger charge is -2.14. The summed E-state index contributed by atoms with van der Waals surface area (Å²) in [7, 11) is -3.92. The van der Waals surface area contributed by atoms with Crippen LogP contribution in [0.5, 0.6) is 0 Å². The van der Waals surface area contributed by atoms with E-state index in [9.17, 15) is 13.2 Å². The van der Waals surface area contributed by atoms with Gasteiger partial charge in [-0.25, -0.2) is 0 Å². The van der Waals surface area contributed by atoms with Gasteiger partial charge in [0.15, 0.2) is 0 Å². The number of carbonyl (C=O) groups is 1. The van der Waals surface area contributed by atoms with Gasteiger partial charge in [0.1, 0.15) is 0 Å². The zero-order chi connectivity index (χ0) is 18.3. The van der Waals surface area contributed by atoms with Gasteiger partial charge in [-0.3, -0.25) is 4.79 Å². The summed E-state index contributed by atoms with van der Waals surface area (Å²) in [5, 5.41) is 1.78. The van der Waals surface area contributed by atoms with Gasteiger partial charge in [-0.15, -0.1) is 0 Å². The third-order valence-corrected chi connectivity index (χ3v) is 6.04. The molecule has 0 aromatic heterocycles. The van der Waals surface area contributed by atoms with Crippen LogP contribution in [0.1, 0.15) is 15.9 Å². The van der Waals surface area contributed by atoms with Crippen LogP contribution in [0.3, 0.4) is 0 Å². The van der Waals surface area contributed by atoms with Gasteiger partial charge in [0.25, 0.3) is 10.0 Å². The molecule has 0 saturated heterocycles. The highest BCUT2D eigenvalue weighted by Crippen LogP contribution is 2.27. The van der Waals surface area contributed by atoms with Crippen molar-refractivity contribution >= 4 is 48.2 Å². The highest BCUT2D eigenvalue weighted by molar-refractivity contribution is 9.12. The normalized spacial score (nSPS) is 15.8.